The van der Waals surface area contributed by atoms with Gasteiger partial charge in [0.15, 0.2) is 18.2 Å². The van der Waals surface area contributed by atoms with Gasteiger partial charge in [-0.15, -0.1) is 0 Å². The highest BCUT2D eigenvalue weighted by molar-refractivity contribution is 6.09. The third-order valence-corrected chi connectivity index (χ3v) is 5.76. The Morgan fingerprint density at radius 3 is 2.11 bits per heavy atom. The Hall–Kier alpha value is -4.11. The first kappa shape index (κ1) is 28.5. The Balaban J connectivity index is 1.56. The minimum atomic E-state index is -1.09. The van der Waals surface area contributed by atoms with Gasteiger partial charge < -0.3 is 29.2 Å². The Bertz CT molecular complexity index is 1310. The van der Waals surface area contributed by atoms with Crippen molar-refractivity contribution in [3.63, 3.8) is 0 Å². The van der Waals surface area contributed by atoms with Gasteiger partial charge in [0, 0.05) is 5.56 Å². The molecule has 0 spiro atoms. The predicted molar refractivity (Wildman–Crippen MR) is 141 cm³/mol. The van der Waals surface area contributed by atoms with Crippen LogP contribution in [0.2, 0.25) is 0 Å². The van der Waals surface area contributed by atoms with Gasteiger partial charge >= 0.3 is 5.97 Å². The molecule has 0 saturated heterocycles. The van der Waals surface area contributed by atoms with E-state index < -0.39 is 12.6 Å². The minimum Gasteiger partial charge on any atom is -0.507 e. The average Bonchev–Trinajstić information content (AvgIpc) is 2.87. The number of ketones is 2. The van der Waals surface area contributed by atoms with Crippen LogP contribution in [0.3, 0.4) is 0 Å². The summed E-state index contributed by atoms with van der Waals surface area (Å²) in [4.78, 5) is 34.9. The van der Waals surface area contributed by atoms with E-state index in [-0.39, 0.29) is 49.3 Å². The second kappa shape index (κ2) is 13.4. The van der Waals surface area contributed by atoms with Crippen LogP contribution in [0.15, 0.2) is 42.5 Å². The molecule has 0 unspecified atom stereocenters. The molecular weight excluding hydrogens is 492 g/mol. The summed E-state index contributed by atoms with van der Waals surface area (Å²) in [5, 5.41) is 20.7. The quantitative estimate of drug-likeness (QED) is 0.212. The van der Waals surface area contributed by atoms with Crippen molar-refractivity contribution in [2.24, 2.45) is 0 Å². The van der Waals surface area contributed by atoms with Gasteiger partial charge in [0.1, 0.15) is 36.2 Å². The Kier molecular flexibility index (Phi) is 10.1. The van der Waals surface area contributed by atoms with E-state index in [2.05, 4.69) is 0 Å². The highest BCUT2D eigenvalue weighted by Crippen LogP contribution is 2.33. The van der Waals surface area contributed by atoms with Crippen LogP contribution in [-0.4, -0.2) is 60.8 Å². The van der Waals surface area contributed by atoms with E-state index in [4.69, 9.17) is 24.1 Å². The van der Waals surface area contributed by atoms with E-state index in [9.17, 15) is 19.5 Å². The molecule has 0 fully saturated rings. The van der Waals surface area contributed by atoms with E-state index in [1.165, 1.54) is 13.8 Å². The molecule has 0 aromatic heterocycles. The fourth-order valence-electron chi connectivity index (χ4n) is 4.05. The molecule has 0 bridgehead atoms. The molecule has 3 rings (SSSR count). The molecule has 0 aliphatic carbocycles. The molecule has 38 heavy (non-hydrogen) atoms. The van der Waals surface area contributed by atoms with Crippen molar-refractivity contribution in [1.29, 1.82) is 0 Å². The maximum Gasteiger partial charge on any atom is 0.341 e. The van der Waals surface area contributed by atoms with Gasteiger partial charge in [0.2, 0.25) is 0 Å². The normalized spacial score (nSPS) is 10.8. The molecule has 0 aliphatic rings. The van der Waals surface area contributed by atoms with Crippen LogP contribution in [0, 0.1) is 0 Å². The topological polar surface area (TPSA) is 129 Å². The predicted octanol–water partition coefficient (Wildman–Crippen LogP) is 4.84. The zero-order valence-electron chi connectivity index (χ0n) is 21.7. The molecule has 0 saturated carbocycles. The second-order valence-electron chi connectivity index (χ2n) is 8.61. The fourth-order valence-corrected chi connectivity index (χ4v) is 4.05. The number of carbonyl (C=O) groups is 3. The van der Waals surface area contributed by atoms with Crippen LogP contribution in [-0.2, 0) is 16.0 Å². The van der Waals surface area contributed by atoms with Gasteiger partial charge in [-0.3, -0.25) is 9.59 Å². The molecule has 0 amide bonds. The average molecular weight is 525 g/mol. The van der Waals surface area contributed by atoms with Crippen molar-refractivity contribution >= 4 is 28.3 Å². The van der Waals surface area contributed by atoms with Gasteiger partial charge in [-0.25, -0.2) is 4.79 Å². The van der Waals surface area contributed by atoms with Gasteiger partial charge in [-0.2, -0.15) is 0 Å². The molecule has 0 heterocycles. The number of ether oxygens (including phenoxy) is 4. The number of phenols is 1. The van der Waals surface area contributed by atoms with Crippen molar-refractivity contribution < 1.29 is 43.5 Å². The van der Waals surface area contributed by atoms with Crippen molar-refractivity contribution in [2.75, 3.05) is 33.0 Å². The number of carbonyl (C=O) groups excluding carboxylic acids is 2. The van der Waals surface area contributed by atoms with Crippen LogP contribution in [0.25, 0.3) is 10.8 Å². The summed E-state index contributed by atoms with van der Waals surface area (Å²) in [6.07, 6.45) is 1.36. The maximum absolute atomic E-state index is 12.4. The second-order valence-corrected chi connectivity index (χ2v) is 8.61. The van der Waals surface area contributed by atoms with E-state index in [0.717, 1.165) is 11.8 Å². The van der Waals surface area contributed by atoms with E-state index in [1.54, 1.807) is 36.4 Å². The molecule has 202 valence electrons. The summed E-state index contributed by atoms with van der Waals surface area (Å²) in [6, 6.07) is 11.8. The zero-order chi connectivity index (χ0) is 27.7. The number of carboxylic acids is 1. The van der Waals surface area contributed by atoms with E-state index in [0.29, 0.717) is 40.2 Å². The van der Waals surface area contributed by atoms with Crippen molar-refractivity contribution in [3.05, 3.63) is 59.2 Å². The van der Waals surface area contributed by atoms with Crippen molar-refractivity contribution in [1.82, 2.24) is 0 Å². The lowest BCUT2D eigenvalue weighted by molar-refractivity contribution is -0.139. The smallest absolute Gasteiger partial charge is 0.341 e. The third-order valence-electron chi connectivity index (χ3n) is 5.76. The molecule has 2 N–H and O–H groups in total. The highest BCUT2D eigenvalue weighted by Gasteiger charge is 2.17. The molecule has 9 heteroatoms. The first-order valence-corrected chi connectivity index (χ1v) is 12.3. The Morgan fingerprint density at radius 1 is 0.816 bits per heavy atom. The lowest BCUT2D eigenvalue weighted by Crippen LogP contribution is -2.13. The first-order chi connectivity index (χ1) is 18.2. The van der Waals surface area contributed by atoms with Crippen LogP contribution < -0.4 is 14.2 Å². The fraction of sp³-hybridized carbons (Fsp3) is 0.345. The van der Waals surface area contributed by atoms with Crippen molar-refractivity contribution in [3.8, 4) is 23.0 Å². The molecular formula is C29H32O9. The summed E-state index contributed by atoms with van der Waals surface area (Å²) in [5.41, 5.74) is 1.26. The number of phenolic OH excluding ortho intramolecular Hbond substituents is 1. The number of Topliss-reactive ketones (excluding diaryl/α,β-unsaturated/α-hetero) is 2. The number of fused-ring (bicyclic) bond motifs is 1. The summed E-state index contributed by atoms with van der Waals surface area (Å²) >= 11 is 0. The lowest BCUT2D eigenvalue weighted by atomic mass is 10.0. The van der Waals surface area contributed by atoms with Gasteiger partial charge in [0.25, 0.3) is 0 Å². The number of aliphatic carboxylic acids is 1. The number of hydrogen-bond acceptors (Lipinski definition) is 8. The first-order valence-electron chi connectivity index (χ1n) is 12.3. The Labute approximate surface area is 220 Å². The number of carboxylic acid groups (broad SMARTS) is 1. The summed E-state index contributed by atoms with van der Waals surface area (Å²) < 4.78 is 22.5. The summed E-state index contributed by atoms with van der Waals surface area (Å²) in [7, 11) is 0. The number of benzene rings is 3. The van der Waals surface area contributed by atoms with E-state index in [1.807, 2.05) is 13.0 Å². The number of hydrogen-bond donors (Lipinski definition) is 2. The molecule has 9 nitrogen and oxygen atoms in total. The van der Waals surface area contributed by atoms with E-state index >= 15 is 0 Å². The molecule has 0 aliphatic heterocycles. The molecule has 0 radical (unpaired) electrons. The molecule has 0 atom stereocenters. The van der Waals surface area contributed by atoms with Gasteiger partial charge in [-0.1, -0.05) is 25.5 Å². The molecule has 3 aromatic rings. The van der Waals surface area contributed by atoms with Crippen LogP contribution in [0.1, 0.15) is 53.5 Å². The third kappa shape index (κ3) is 7.23. The Morgan fingerprint density at radius 2 is 1.47 bits per heavy atom. The number of rotatable bonds is 15. The molecule has 3 aromatic carbocycles. The van der Waals surface area contributed by atoms with Crippen LogP contribution in [0.4, 0.5) is 0 Å². The summed E-state index contributed by atoms with van der Waals surface area (Å²) in [5.74, 6) is -0.283. The number of aromatic hydroxyl groups is 1. The van der Waals surface area contributed by atoms with Crippen LogP contribution >= 0.6 is 0 Å². The largest absolute Gasteiger partial charge is 0.507 e. The minimum absolute atomic E-state index is 0.0385. The summed E-state index contributed by atoms with van der Waals surface area (Å²) in [6.45, 7) is 5.29. The SMILES string of the molecule is CCCc1c(OCCOCCOc2ccc3ccc(OCC(=O)O)cc3c2C(C)=O)ccc(C(C)=O)c1O. The zero-order valence-corrected chi connectivity index (χ0v) is 21.7. The van der Waals surface area contributed by atoms with Gasteiger partial charge in [-0.05, 0) is 61.4 Å². The maximum atomic E-state index is 12.4. The standard InChI is InChI=1S/C29H32O9/c1-4-5-23-25(11-9-22(18(2)30)29(23)34)36-14-12-35-13-15-37-26-10-7-20-6-8-21(38-17-27(32)33)16-24(20)28(26)19(3)31/h6-11,16,34H,4-5,12-15,17H2,1-3H3,(H,32,33). The monoisotopic (exact) mass is 524 g/mol. The van der Waals surface area contributed by atoms with Crippen LogP contribution in [0.5, 0.6) is 23.0 Å². The lowest BCUT2D eigenvalue weighted by Gasteiger charge is -2.15. The van der Waals surface area contributed by atoms with Crippen molar-refractivity contribution in [2.45, 2.75) is 33.6 Å². The van der Waals surface area contributed by atoms with Gasteiger partial charge in [0.05, 0.1) is 24.3 Å². The highest BCUT2D eigenvalue weighted by atomic mass is 16.5.